The second-order valence-electron chi connectivity index (χ2n) is 2.44. The van der Waals surface area contributed by atoms with Gasteiger partial charge in [0.25, 0.3) is 0 Å². The maximum Gasteiger partial charge on any atom is 1.00 e. The third-order valence-corrected chi connectivity index (χ3v) is 1.59. The summed E-state index contributed by atoms with van der Waals surface area (Å²) in [6, 6.07) is 0. The van der Waals surface area contributed by atoms with Crippen molar-refractivity contribution in [2.45, 2.75) is 6.17 Å². The van der Waals surface area contributed by atoms with Crippen molar-refractivity contribution in [1.29, 1.82) is 0 Å². The van der Waals surface area contributed by atoms with Gasteiger partial charge in [0.1, 0.15) is 25.3 Å². The molecule has 0 fully saturated rings. The van der Waals surface area contributed by atoms with Gasteiger partial charge in [-0.15, -0.1) is 0 Å². The van der Waals surface area contributed by atoms with Gasteiger partial charge in [0.05, 0.1) is 5.97 Å². The molecule has 2 aromatic rings. The average molecular weight is 216 g/mol. The minimum absolute atomic E-state index is 0. The first-order valence-corrected chi connectivity index (χ1v) is 3.68. The molecule has 2 rings (SSSR count). The average Bonchev–Trinajstić information content (AvgIpc) is 2.75. The van der Waals surface area contributed by atoms with Gasteiger partial charge < -0.3 is 9.90 Å². The van der Waals surface area contributed by atoms with Gasteiger partial charge in [0.15, 0.2) is 6.17 Å². The van der Waals surface area contributed by atoms with Gasteiger partial charge in [-0.05, 0) is 0 Å². The van der Waals surface area contributed by atoms with Crippen molar-refractivity contribution in [1.82, 2.24) is 29.5 Å². The molecule has 0 unspecified atom stereocenters. The number of carboxylic acid groups (broad SMARTS) is 1. The maximum atomic E-state index is 10.8. The van der Waals surface area contributed by atoms with Crippen LogP contribution in [0.1, 0.15) is 6.17 Å². The monoisotopic (exact) mass is 216 g/mol. The van der Waals surface area contributed by atoms with Gasteiger partial charge in [-0.3, -0.25) is 0 Å². The molecule has 8 nitrogen and oxygen atoms in total. The fourth-order valence-electron chi connectivity index (χ4n) is 1.02. The Balaban J connectivity index is 0.00000112. The summed E-state index contributed by atoms with van der Waals surface area (Å²) >= 11 is 0. The van der Waals surface area contributed by atoms with Crippen molar-refractivity contribution >= 4 is 5.97 Å². The molecule has 0 atom stereocenters. The van der Waals surface area contributed by atoms with E-state index in [-0.39, 0.29) is 29.6 Å². The van der Waals surface area contributed by atoms with Crippen LogP contribution in [0.2, 0.25) is 0 Å². The number of carbonyl (C=O) groups is 1. The quantitative estimate of drug-likeness (QED) is 0.475. The van der Waals surface area contributed by atoms with Crippen LogP contribution in [0.4, 0.5) is 0 Å². The van der Waals surface area contributed by atoms with Crippen molar-refractivity contribution in [3.63, 3.8) is 0 Å². The van der Waals surface area contributed by atoms with Crippen molar-refractivity contribution < 1.29 is 39.5 Å². The van der Waals surface area contributed by atoms with E-state index in [4.69, 9.17) is 0 Å². The molecule has 9 heteroatoms. The first-order valence-electron chi connectivity index (χ1n) is 3.68. The minimum Gasteiger partial charge on any atom is -0.546 e. The number of aromatic nitrogens is 6. The van der Waals surface area contributed by atoms with Crippen molar-refractivity contribution in [2.75, 3.05) is 0 Å². The predicted octanol–water partition coefficient (Wildman–Crippen LogP) is -5.33. The van der Waals surface area contributed by atoms with Gasteiger partial charge in [0.2, 0.25) is 0 Å². The maximum absolute atomic E-state index is 10.8. The molecular weight excluding hydrogens is 211 g/mol. The number of carboxylic acids is 1. The molecular formula is C6H5N6NaO2. The van der Waals surface area contributed by atoms with E-state index in [1.165, 1.54) is 25.3 Å². The smallest absolute Gasteiger partial charge is 0.546 e. The topological polar surface area (TPSA) is 102 Å². The number of carbonyl (C=O) groups excluding carboxylic acids is 1. The normalized spacial score (nSPS) is 9.93. The second kappa shape index (κ2) is 5.01. The fourth-order valence-corrected chi connectivity index (χ4v) is 1.02. The van der Waals surface area contributed by atoms with Crippen molar-refractivity contribution in [3.05, 3.63) is 25.3 Å². The van der Waals surface area contributed by atoms with E-state index in [0.29, 0.717) is 0 Å². The molecule has 0 amide bonds. The van der Waals surface area contributed by atoms with Gasteiger partial charge in [-0.2, -0.15) is 10.2 Å². The number of nitrogens with zero attached hydrogens (tertiary/aromatic N) is 6. The standard InChI is InChI=1S/C6H6N6O2.Na/c13-6(14)5(11-3-7-1-9-11)12-4-8-2-10-12;/h1-5H,(H,13,14);/q;+1/p-1. The van der Waals surface area contributed by atoms with Gasteiger partial charge in [-0.1, -0.05) is 0 Å². The van der Waals surface area contributed by atoms with Crippen LogP contribution >= 0.6 is 0 Å². The van der Waals surface area contributed by atoms with Crippen molar-refractivity contribution in [3.8, 4) is 0 Å². The first-order chi connectivity index (χ1) is 6.79. The van der Waals surface area contributed by atoms with Crippen molar-refractivity contribution in [2.24, 2.45) is 0 Å². The van der Waals surface area contributed by atoms with Crippen LogP contribution in [0.5, 0.6) is 0 Å². The summed E-state index contributed by atoms with van der Waals surface area (Å²) in [5.41, 5.74) is 0. The summed E-state index contributed by atoms with van der Waals surface area (Å²) in [6.45, 7) is 0. The number of rotatable bonds is 3. The van der Waals surface area contributed by atoms with Gasteiger partial charge in [0, 0.05) is 0 Å². The molecule has 72 valence electrons. The summed E-state index contributed by atoms with van der Waals surface area (Å²) in [4.78, 5) is 18.1. The van der Waals surface area contributed by atoms with Crippen LogP contribution in [0.3, 0.4) is 0 Å². The van der Waals surface area contributed by atoms with E-state index in [1.54, 1.807) is 0 Å². The number of hydrogen-bond acceptors (Lipinski definition) is 6. The predicted molar refractivity (Wildman–Crippen MR) is 39.5 cm³/mol. The second-order valence-corrected chi connectivity index (χ2v) is 2.44. The Labute approximate surface area is 106 Å². The van der Waals surface area contributed by atoms with Crippen LogP contribution in [-0.2, 0) is 4.79 Å². The van der Waals surface area contributed by atoms with Crippen LogP contribution < -0.4 is 34.7 Å². The Morgan fingerprint density at radius 3 is 1.87 bits per heavy atom. The Kier molecular flexibility index (Phi) is 3.95. The van der Waals surface area contributed by atoms with Gasteiger partial charge >= 0.3 is 29.6 Å². The Morgan fingerprint density at radius 1 is 1.13 bits per heavy atom. The van der Waals surface area contributed by atoms with E-state index in [0.717, 1.165) is 9.36 Å². The summed E-state index contributed by atoms with van der Waals surface area (Å²) in [5.74, 6) is -1.33. The molecule has 0 bridgehead atoms. The third kappa shape index (κ3) is 2.41. The fraction of sp³-hybridized carbons (Fsp3) is 0.167. The minimum atomic E-state index is -1.33. The molecule has 2 aromatic heterocycles. The van der Waals surface area contributed by atoms with E-state index < -0.39 is 12.1 Å². The Bertz CT molecular complexity index is 379. The van der Waals surface area contributed by atoms with Crippen LogP contribution in [0, 0.1) is 0 Å². The number of hydrogen-bond donors (Lipinski definition) is 0. The molecule has 15 heavy (non-hydrogen) atoms. The molecule has 0 aliphatic rings. The molecule has 2 heterocycles. The molecule has 0 N–H and O–H groups in total. The molecule has 0 saturated heterocycles. The molecule has 0 aliphatic carbocycles. The molecule has 0 spiro atoms. The third-order valence-electron chi connectivity index (χ3n) is 1.59. The summed E-state index contributed by atoms with van der Waals surface area (Å²) in [7, 11) is 0. The van der Waals surface area contributed by atoms with E-state index >= 15 is 0 Å². The van der Waals surface area contributed by atoms with E-state index in [9.17, 15) is 9.90 Å². The number of aliphatic carboxylic acids is 1. The van der Waals surface area contributed by atoms with Gasteiger partial charge in [-0.25, -0.2) is 19.3 Å². The molecule has 0 radical (unpaired) electrons. The molecule has 0 aromatic carbocycles. The van der Waals surface area contributed by atoms with E-state index in [1.807, 2.05) is 0 Å². The largest absolute Gasteiger partial charge is 1.00 e. The van der Waals surface area contributed by atoms with Crippen LogP contribution in [0.25, 0.3) is 0 Å². The SMILES string of the molecule is O=C([O-])C(n1cncn1)n1cncn1.[Na+]. The van der Waals surface area contributed by atoms with Crippen LogP contribution in [0.15, 0.2) is 25.3 Å². The first kappa shape index (κ1) is 11.8. The van der Waals surface area contributed by atoms with Crippen LogP contribution in [-0.4, -0.2) is 35.5 Å². The zero-order valence-electron chi connectivity index (χ0n) is 7.89. The Hall–Kier alpha value is -1.25. The summed E-state index contributed by atoms with van der Waals surface area (Å²) < 4.78 is 2.23. The molecule has 0 aliphatic heterocycles. The zero-order valence-corrected chi connectivity index (χ0v) is 9.89. The summed E-state index contributed by atoms with van der Waals surface area (Å²) in [6.07, 6.45) is 3.84. The molecule has 0 saturated carbocycles. The summed E-state index contributed by atoms with van der Waals surface area (Å²) in [5, 5.41) is 18.2. The van der Waals surface area contributed by atoms with E-state index in [2.05, 4.69) is 20.2 Å². The Morgan fingerprint density at radius 2 is 1.60 bits per heavy atom. The zero-order chi connectivity index (χ0) is 9.97.